The topological polar surface area (TPSA) is 107 Å². The van der Waals surface area contributed by atoms with Crippen LogP contribution in [0.3, 0.4) is 0 Å². The first-order valence-corrected chi connectivity index (χ1v) is 9.62. The number of aliphatic carboxylic acids is 1. The van der Waals surface area contributed by atoms with Gasteiger partial charge in [-0.2, -0.15) is 0 Å². The van der Waals surface area contributed by atoms with E-state index in [4.69, 9.17) is 17.3 Å². The molecule has 1 fully saturated rings. The lowest BCUT2D eigenvalue weighted by Crippen LogP contribution is -2.39. The number of thiocarbonyl (C=S) groups is 1. The van der Waals surface area contributed by atoms with Crippen molar-refractivity contribution in [2.45, 2.75) is 25.7 Å². The summed E-state index contributed by atoms with van der Waals surface area (Å²) in [4.78, 5) is 36.5. The summed E-state index contributed by atoms with van der Waals surface area (Å²) < 4.78 is 0.308. The lowest BCUT2D eigenvalue weighted by molar-refractivity contribution is -0.137. The zero-order valence-corrected chi connectivity index (χ0v) is 16.1. The molecule has 7 nitrogen and oxygen atoms in total. The van der Waals surface area contributed by atoms with Gasteiger partial charge >= 0.3 is 5.97 Å². The molecule has 0 aliphatic carbocycles. The van der Waals surface area contributed by atoms with Crippen LogP contribution in [0, 0.1) is 0 Å². The van der Waals surface area contributed by atoms with Crippen molar-refractivity contribution in [3.63, 3.8) is 0 Å². The molecule has 2 rings (SSSR count). The van der Waals surface area contributed by atoms with E-state index in [-0.39, 0.29) is 30.5 Å². The number of carbonyl (C=O) groups excluding carboxylic acids is 2. The van der Waals surface area contributed by atoms with Crippen LogP contribution < -0.4 is 5.32 Å². The van der Waals surface area contributed by atoms with Crippen molar-refractivity contribution < 1.29 is 24.6 Å². The Morgan fingerprint density at radius 1 is 1.26 bits per heavy atom. The zero-order valence-electron chi connectivity index (χ0n) is 14.5. The molecule has 1 saturated heterocycles. The van der Waals surface area contributed by atoms with E-state index in [0.29, 0.717) is 40.6 Å². The normalized spacial score (nSPS) is 15.4. The molecule has 0 radical (unpaired) electrons. The van der Waals surface area contributed by atoms with Gasteiger partial charge in [0, 0.05) is 13.0 Å². The van der Waals surface area contributed by atoms with E-state index >= 15 is 0 Å². The Hall–Kier alpha value is -2.39. The van der Waals surface area contributed by atoms with Crippen LogP contribution in [0.15, 0.2) is 29.2 Å². The molecule has 1 aromatic rings. The number of carboxylic acid groups (broad SMARTS) is 1. The molecule has 144 valence electrons. The van der Waals surface area contributed by atoms with Gasteiger partial charge in [-0.1, -0.05) is 42.5 Å². The van der Waals surface area contributed by atoms with Crippen molar-refractivity contribution in [3.8, 4) is 5.75 Å². The fraction of sp³-hybridized carbons (Fsp3) is 0.333. The van der Waals surface area contributed by atoms with Crippen molar-refractivity contribution in [3.05, 3.63) is 34.7 Å². The number of carboxylic acids is 1. The van der Waals surface area contributed by atoms with Crippen molar-refractivity contribution >= 4 is 52.2 Å². The van der Waals surface area contributed by atoms with Crippen LogP contribution in [0.25, 0.3) is 6.08 Å². The Kier molecular flexibility index (Phi) is 7.81. The summed E-state index contributed by atoms with van der Waals surface area (Å²) >= 11 is 6.31. The Morgan fingerprint density at radius 2 is 2.04 bits per heavy atom. The highest BCUT2D eigenvalue weighted by molar-refractivity contribution is 8.26. The van der Waals surface area contributed by atoms with E-state index in [1.54, 1.807) is 18.2 Å². The molecular weight excluding hydrogens is 388 g/mol. The number of nitrogens with zero attached hydrogens (tertiary/aromatic N) is 1. The van der Waals surface area contributed by atoms with Gasteiger partial charge < -0.3 is 15.5 Å². The van der Waals surface area contributed by atoms with E-state index in [0.717, 1.165) is 11.8 Å². The van der Waals surface area contributed by atoms with Gasteiger partial charge in [-0.25, -0.2) is 0 Å². The number of phenols is 1. The number of aromatic hydroxyl groups is 1. The third-order valence-corrected chi connectivity index (χ3v) is 5.11. The summed E-state index contributed by atoms with van der Waals surface area (Å²) in [6.45, 7) is 0.267. The largest absolute Gasteiger partial charge is 0.508 e. The number of benzene rings is 1. The van der Waals surface area contributed by atoms with Crippen LogP contribution in [0.4, 0.5) is 0 Å². The van der Waals surface area contributed by atoms with Crippen LogP contribution in [0.2, 0.25) is 0 Å². The average Bonchev–Trinajstić information content (AvgIpc) is 2.85. The smallest absolute Gasteiger partial charge is 0.303 e. The van der Waals surface area contributed by atoms with Crippen LogP contribution in [0.5, 0.6) is 5.75 Å². The van der Waals surface area contributed by atoms with Gasteiger partial charge in [-0.15, -0.1) is 0 Å². The Balaban J connectivity index is 1.82. The minimum absolute atomic E-state index is 0.0990. The van der Waals surface area contributed by atoms with E-state index in [9.17, 15) is 19.5 Å². The van der Waals surface area contributed by atoms with Gasteiger partial charge in [0.1, 0.15) is 16.6 Å². The predicted molar refractivity (Wildman–Crippen MR) is 107 cm³/mol. The zero-order chi connectivity index (χ0) is 19.8. The van der Waals surface area contributed by atoms with Gasteiger partial charge in [0.25, 0.3) is 5.91 Å². The molecule has 1 heterocycles. The fourth-order valence-corrected chi connectivity index (χ4v) is 3.66. The summed E-state index contributed by atoms with van der Waals surface area (Å²) in [6.07, 6.45) is 3.70. The maximum atomic E-state index is 12.5. The Labute approximate surface area is 166 Å². The van der Waals surface area contributed by atoms with E-state index in [1.807, 2.05) is 0 Å². The number of rotatable bonds is 9. The standard InChI is InChI=1S/C18H20N2O5S2/c21-13-6-4-5-12(9-13)10-14-17(25)20(18(26)27-14)11-15(22)19-8-3-1-2-7-16(23)24/h4-6,9-10,21H,1-3,7-8,11H2,(H,19,22)(H,23,24)/b14-10-. The first kappa shape index (κ1) is 20.9. The summed E-state index contributed by atoms with van der Waals surface area (Å²) in [5, 5.41) is 20.8. The van der Waals surface area contributed by atoms with Crippen LogP contribution in [0.1, 0.15) is 31.2 Å². The number of thioether (sulfide) groups is 1. The lowest BCUT2D eigenvalue weighted by Gasteiger charge is -2.14. The molecule has 27 heavy (non-hydrogen) atoms. The van der Waals surface area contributed by atoms with Gasteiger partial charge in [0.2, 0.25) is 5.91 Å². The maximum absolute atomic E-state index is 12.5. The minimum atomic E-state index is -0.827. The molecule has 1 aromatic carbocycles. The van der Waals surface area contributed by atoms with Gasteiger partial charge in [0.15, 0.2) is 0 Å². The summed E-state index contributed by atoms with van der Waals surface area (Å²) in [6, 6.07) is 6.49. The second-order valence-corrected chi connectivity index (χ2v) is 7.59. The van der Waals surface area contributed by atoms with E-state index < -0.39 is 5.97 Å². The summed E-state index contributed by atoms with van der Waals surface area (Å²) in [7, 11) is 0. The van der Waals surface area contributed by atoms with E-state index in [1.165, 1.54) is 17.0 Å². The maximum Gasteiger partial charge on any atom is 0.303 e. The van der Waals surface area contributed by atoms with Crippen LogP contribution in [-0.2, 0) is 14.4 Å². The van der Waals surface area contributed by atoms with Crippen molar-refractivity contribution in [1.29, 1.82) is 0 Å². The van der Waals surface area contributed by atoms with Crippen LogP contribution in [-0.4, -0.2) is 50.3 Å². The number of phenolic OH excluding ortho intramolecular Hbond substituents is 1. The van der Waals surface area contributed by atoms with Crippen LogP contribution >= 0.6 is 24.0 Å². The molecule has 2 amide bonds. The highest BCUT2D eigenvalue weighted by atomic mass is 32.2. The number of hydrogen-bond donors (Lipinski definition) is 3. The Bertz CT molecular complexity index is 779. The predicted octanol–water partition coefficient (Wildman–Crippen LogP) is 2.35. The second kappa shape index (κ2) is 10.1. The number of unbranched alkanes of at least 4 members (excludes halogenated alkanes) is 2. The molecule has 1 aliphatic rings. The van der Waals surface area contributed by atoms with E-state index in [2.05, 4.69) is 5.32 Å². The molecule has 0 bridgehead atoms. The molecular formula is C18H20N2O5S2. The fourth-order valence-electron chi connectivity index (χ4n) is 2.41. The summed E-state index contributed by atoms with van der Waals surface area (Å²) in [5.41, 5.74) is 0.668. The molecule has 0 saturated carbocycles. The second-order valence-electron chi connectivity index (χ2n) is 5.92. The first-order chi connectivity index (χ1) is 12.9. The Morgan fingerprint density at radius 3 is 2.74 bits per heavy atom. The third kappa shape index (κ3) is 6.69. The number of nitrogens with one attached hydrogen (secondary N) is 1. The average molecular weight is 409 g/mol. The SMILES string of the molecule is O=C(O)CCCCCNC(=O)CN1C(=O)/C(=C/c2cccc(O)c2)SC1=S. The molecule has 1 aliphatic heterocycles. The van der Waals surface area contributed by atoms with Gasteiger partial charge in [0.05, 0.1) is 4.91 Å². The van der Waals surface area contributed by atoms with Crippen molar-refractivity contribution in [2.75, 3.05) is 13.1 Å². The molecule has 0 atom stereocenters. The molecule has 0 aromatic heterocycles. The van der Waals surface area contributed by atoms with Gasteiger partial charge in [-0.05, 0) is 36.6 Å². The third-order valence-electron chi connectivity index (χ3n) is 3.73. The molecule has 9 heteroatoms. The first-order valence-electron chi connectivity index (χ1n) is 8.39. The number of amides is 2. The minimum Gasteiger partial charge on any atom is -0.508 e. The monoisotopic (exact) mass is 408 g/mol. The molecule has 3 N–H and O–H groups in total. The molecule has 0 unspecified atom stereocenters. The number of hydrogen-bond acceptors (Lipinski definition) is 6. The molecule has 0 spiro atoms. The number of carbonyl (C=O) groups is 3. The quantitative estimate of drug-likeness (QED) is 0.327. The van der Waals surface area contributed by atoms with Crippen molar-refractivity contribution in [2.24, 2.45) is 0 Å². The van der Waals surface area contributed by atoms with Gasteiger partial charge in [-0.3, -0.25) is 19.3 Å². The summed E-state index contributed by atoms with van der Waals surface area (Å²) in [5.74, 6) is -1.39. The lowest BCUT2D eigenvalue weighted by atomic mass is 10.2. The van der Waals surface area contributed by atoms with Crippen molar-refractivity contribution in [1.82, 2.24) is 10.2 Å². The highest BCUT2D eigenvalue weighted by Gasteiger charge is 2.33. The highest BCUT2D eigenvalue weighted by Crippen LogP contribution is 2.32.